The molecule has 0 amide bonds. The summed E-state index contributed by atoms with van der Waals surface area (Å²) in [6.07, 6.45) is 0. The molecule has 0 fully saturated rings. The molecule has 0 radical (unpaired) electrons. The molecule has 3 aromatic carbocycles. The van der Waals surface area contributed by atoms with Crippen LogP contribution in [0, 0.1) is 0 Å². The maximum Gasteiger partial charge on any atom is 0.123 e. The number of aromatic hydroxyl groups is 1. The largest absolute Gasteiger partial charge is 0.507 e. The lowest BCUT2D eigenvalue weighted by atomic mass is 9.98. The van der Waals surface area contributed by atoms with Crippen LogP contribution in [0.2, 0.25) is 5.02 Å². The van der Waals surface area contributed by atoms with Gasteiger partial charge in [-0.1, -0.05) is 60.1 Å². The molecule has 3 aromatic rings. The quantitative estimate of drug-likeness (QED) is 0.668. The second-order valence-corrected chi connectivity index (χ2v) is 5.04. The van der Waals surface area contributed by atoms with Crippen molar-refractivity contribution >= 4 is 11.6 Å². The van der Waals surface area contributed by atoms with E-state index in [4.69, 9.17) is 11.6 Å². The van der Waals surface area contributed by atoms with Crippen LogP contribution >= 0.6 is 11.6 Å². The summed E-state index contributed by atoms with van der Waals surface area (Å²) in [6, 6.07) is 23.3. The Morgan fingerprint density at radius 2 is 1.35 bits per heavy atom. The van der Waals surface area contributed by atoms with Gasteiger partial charge >= 0.3 is 0 Å². The Morgan fingerprint density at radius 1 is 0.650 bits per heavy atom. The molecule has 0 unspecified atom stereocenters. The third-order valence-corrected chi connectivity index (χ3v) is 3.47. The minimum Gasteiger partial charge on any atom is -0.507 e. The van der Waals surface area contributed by atoms with Gasteiger partial charge in [0.1, 0.15) is 5.75 Å². The lowest BCUT2D eigenvalue weighted by Crippen LogP contribution is -1.82. The normalized spacial score (nSPS) is 10.4. The molecule has 0 aromatic heterocycles. The van der Waals surface area contributed by atoms with Crippen LogP contribution in [0.15, 0.2) is 72.8 Å². The second-order valence-electron chi connectivity index (χ2n) is 4.61. The van der Waals surface area contributed by atoms with Crippen LogP contribution in [0.1, 0.15) is 0 Å². The van der Waals surface area contributed by atoms with Gasteiger partial charge in [-0.15, -0.1) is 0 Å². The van der Waals surface area contributed by atoms with Crippen LogP contribution < -0.4 is 0 Å². The molecule has 0 saturated carbocycles. The highest BCUT2D eigenvalue weighted by Gasteiger charge is 2.06. The van der Waals surface area contributed by atoms with Crippen molar-refractivity contribution in [1.82, 2.24) is 0 Å². The van der Waals surface area contributed by atoms with Crippen molar-refractivity contribution in [1.29, 1.82) is 0 Å². The van der Waals surface area contributed by atoms with E-state index in [1.54, 1.807) is 18.2 Å². The summed E-state index contributed by atoms with van der Waals surface area (Å²) in [5, 5.41) is 10.6. The minimum absolute atomic E-state index is 0.236. The van der Waals surface area contributed by atoms with Crippen molar-refractivity contribution < 1.29 is 5.11 Å². The zero-order valence-electron chi connectivity index (χ0n) is 10.8. The topological polar surface area (TPSA) is 20.2 Å². The van der Waals surface area contributed by atoms with Crippen molar-refractivity contribution in [3.63, 3.8) is 0 Å². The predicted molar refractivity (Wildman–Crippen MR) is 84.0 cm³/mol. The number of phenols is 1. The van der Waals surface area contributed by atoms with Crippen molar-refractivity contribution in [2.24, 2.45) is 0 Å². The van der Waals surface area contributed by atoms with Crippen LogP contribution in [-0.2, 0) is 0 Å². The third-order valence-electron chi connectivity index (χ3n) is 3.24. The van der Waals surface area contributed by atoms with Crippen LogP contribution in [0.5, 0.6) is 5.75 Å². The molecule has 0 aliphatic carbocycles. The number of halogens is 1. The van der Waals surface area contributed by atoms with E-state index in [-0.39, 0.29) is 5.75 Å². The monoisotopic (exact) mass is 280 g/mol. The SMILES string of the molecule is Oc1ccc(Cl)cc1-c1cccc(-c2ccccc2)c1. The highest BCUT2D eigenvalue weighted by molar-refractivity contribution is 6.31. The summed E-state index contributed by atoms with van der Waals surface area (Å²) in [4.78, 5) is 0. The van der Waals surface area contributed by atoms with Crippen molar-refractivity contribution in [2.45, 2.75) is 0 Å². The molecule has 1 nitrogen and oxygen atoms in total. The number of phenolic OH excluding ortho intramolecular Hbond substituents is 1. The molecular weight excluding hydrogens is 268 g/mol. The van der Waals surface area contributed by atoms with Gasteiger partial charge in [-0.25, -0.2) is 0 Å². The molecule has 0 bridgehead atoms. The maximum absolute atomic E-state index is 9.99. The molecule has 0 saturated heterocycles. The van der Waals surface area contributed by atoms with Crippen LogP contribution in [0.25, 0.3) is 22.3 Å². The third kappa shape index (κ3) is 2.54. The van der Waals surface area contributed by atoms with E-state index in [1.807, 2.05) is 30.3 Å². The highest BCUT2D eigenvalue weighted by atomic mass is 35.5. The van der Waals surface area contributed by atoms with E-state index in [9.17, 15) is 5.11 Å². The fraction of sp³-hybridized carbons (Fsp3) is 0. The van der Waals surface area contributed by atoms with Crippen molar-refractivity contribution in [2.75, 3.05) is 0 Å². The number of hydrogen-bond donors (Lipinski definition) is 1. The highest BCUT2D eigenvalue weighted by Crippen LogP contribution is 2.33. The lowest BCUT2D eigenvalue weighted by molar-refractivity contribution is 0.477. The van der Waals surface area contributed by atoms with Gasteiger partial charge in [-0.3, -0.25) is 0 Å². The molecule has 0 heterocycles. The molecule has 1 N–H and O–H groups in total. The summed E-state index contributed by atoms with van der Waals surface area (Å²) in [5.74, 6) is 0.236. The predicted octanol–water partition coefficient (Wildman–Crippen LogP) is 5.38. The first-order valence-electron chi connectivity index (χ1n) is 6.38. The van der Waals surface area contributed by atoms with Gasteiger partial charge in [0.2, 0.25) is 0 Å². The van der Waals surface area contributed by atoms with Gasteiger partial charge in [-0.05, 0) is 41.0 Å². The molecule has 20 heavy (non-hydrogen) atoms. The summed E-state index contributed by atoms with van der Waals surface area (Å²) >= 11 is 6.01. The number of rotatable bonds is 2. The summed E-state index contributed by atoms with van der Waals surface area (Å²) in [6.45, 7) is 0. The molecule has 2 heteroatoms. The molecule has 0 aliphatic rings. The molecule has 0 spiro atoms. The minimum atomic E-state index is 0.236. The van der Waals surface area contributed by atoms with E-state index >= 15 is 0 Å². The Morgan fingerprint density at radius 3 is 2.15 bits per heavy atom. The van der Waals surface area contributed by atoms with E-state index in [0.717, 1.165) is 22.3 Å². The fourth-order valence-corrected chi connectivity index (χ4v) is 2.41. The van der Waals surface area contributed by atoms with E-state index in [1.165, 1.54) is 0 Å². The Hall–Kier alpha value is -2.25. The number of benzene rings is 3. The lowest BCUT2D eigenvalue weighted by Gasteiger charge is -2.08. The summed E-state index contributed by atoms with van der Waals surface area (Å²) < 4.78 is 0. The molecule has 3 rings (SSSR count). The first-order valence-corrected chi connectivity index (χ1v) is 6.76. The Bertz CT molecular complexity index is 735. The van der Waals surface area contributed by atoms with Crippen LogP contribution in [-0.4, -0.2) is 5.11 Å². The first-order chi connectivity index (χ1) is 9.74. The molecule has 98 valence electrons. The average Bonchev–Trinajstić information content (AvgIpc) is 2.51. The van der Waals surface area contributed by atoms with E-state index < -0.39 is 0 Å². The Balaban J connectivity index is 2.10. The van der Waals surface area contributed by atoms with Gasteiger partial charge in [0.25, 0.3) is 0 Å². The summed E-state index contributed by atoms with van der Waals surface area (Å²) in [7, 11) is 0. The van der Waals surface area contributed by atoms with Gasteiger partial charge in [0, 0.05) is 10.6 Å². The van der Waals surface area contributed by atoms with Gasteiger partial charge < -0.3 is 5.11 Å². The van der Waals surface area contributed by atoms with Crippen LogP contribution in [0.4, 0.5) is 0 Å². The molecular formula is C18H13ClO. The first kappa shape index (κ1) is 12.8. The Labute approximate surface area is 123 Å². The van der Waals surface area contributed by atoms with Crippen molar-refractivity contribution in [3.8, 4) is 28.0 Å². The van der Waals surface area contributed by atoms with Crippen LogP contribution in [0.3, 0.4) is 0 Å². The van der Waals surface area contributed by atoms with Crippen molar-refractivity contribution in [3.05, 3.63) is 77.8 Å². The Kier molecular flexibility index (Phi) is 3.44. The molecule has 0 atom stereocenters. The maximum atomic E-state index is 9.99. The number of hydrogen-bond acceptors (Lipinski definition) is 1. The van der Waals surface area contributed by atoms with Gasteiger partial charge in [0.15, 0.2) is 0 Å². The molecule has 0 aliphatic heterocycles. The summed E-state index contributed by atoms with van der Waals surface area (Å²) in [5.41, 5.74) is 3.96. The zero-order chi connectivity index (χ0) is 13.9. The van der Waals surface area contributed by atoms with Gasteiger partial charge in [0.05, 0.1) is 0 Å². The fourth-order valence-electron chi connectivity index (χ4n) is 2.24. The average molecular weight is 281 g/mol. The van der Waals surface area contributed by atoms with E-state index in [2.05, 4.69) is 24.3 Å². The standard InChI is InChI=1S/C18H13ClO/c19-16-9-10-18(20)17(12-16)15-8-4-7-14(11-15)13-5-2-1-3-6-13/h1-12,20H. The van der Waals surface area contributed by atoms with E-state index in [0.29, 0.717) is 5.02 Å². The zero-order valence-corrected chi connectivity index (χ0v) is 11.5. The second kappa shape index (κ2) is 5.40. The van der Waals surface area contributed by atoms with Gasteiger partial charge in [-0.2, -0.15) is 0 Å². The smallest absolute Gasteiger partial charge is 0.123 e.